The molecule has 0 spiro atoms. The molecule has 0 radical (unpaired) electrons. The third-order valence-corrected chi connectivity index (χ3v) is 6.89. The van der Waals surface area contributed by atoms with Crippen molar-refractivity contribution in [1.29, 1.82) is 0 Å². The summed E-state index contributed by atoms with van der Waals surface area (Å²) in [6.07, 6.45) is 3.51. The van der Waals surface area contributed by atoms with Crippen molar-refractivity contribution in [2.75, 3.05) is 6.61 Å². The third kappa shape index (κ3) is 3.32. The lowest BCUT2D eigenvalue weighted by Crippen LogP contribution is -2.35. The molecule has 5 rings (SSSR count). The summed E-state index contributed by atoms with van der Waals surface area (Å²) in [6.45, 7) is 6.90. The summed E-state index contributed by atoms with van der Waals surface area (Å²) in [7, 11) is 0. The molecule has 150 valence electrons. The number of thioether (sulfide) groups is 1. The van der Waals surface area contributed by atoms with E-state index in [0.29, 0.717) is 6.61 Å². The van der Waals surface area contributed by atoms with Gasteiger partial charge in [0.2, 0.25) is 0 Å². The number of nitrogens with zero attached hydrogens (tertiary/aromatic N) is 3. The van der Waals surface area contributed by atoms with Gasteiger partial charge in [0.1, 0.15) is 0 Å². The standard InChI is InChI=1S/C22H24N4O2S/c1-13-24-20-18(21(27)25-26(20)16-8-10-28-22(2,3)12-16)19(29-13)15-6-7-17-14(11-15)5-4-9-23-17/h4-7,9,11,16,19H,8,10,12H2,1-3H3,(H,25,27)/t16-,19-/m1/s1. The Morgan fingerprint density at radius 2 is 2.17 bits per heavy atom. The fourth-order valence-corrected chi connectivity index (χ4v) is 5.48. The number of pyridine rings is 1. The number of aromatic nitrogens is 3. The number of hydrogen-bond acceptors (Lipinski definition) is 5. The van der Waals surface area contributed by atoms with Crippen LogP contribution in [0.2, 0.25) is 0 Å². The van der Waals surface area contributed by atoms with E-state index in [4.69, 9.17) is 9.73 Å². The molecular weight excluding hydrogens is 384 g/mol. The van der Waals surface area contributed by atoms with Gasteiger partial charge in [0.05, 0.1) is 33.0 Å². The molecular formula is C22H24N4O2S. The van der Waals surface area contributed by atoms with E-state index in [9.17, 15) is 4.79 Å². The number of ether oxygens (including phenoxy) is 1. The van der Waals surface area contributed by atoms with Crippen molar-refractivity contribution in [3.05, 3.63) is 58.0 Å². The summed E-state index contributed by atoms with van der Waals surface area (Å²) in [5.74, 6) is 0.769. The van der Waals surface area contributed by atoms with Gasteiger partial charge < -0.3 is 4.74 Å². The quantitative estimate of drug-likeness (QED) is 0.665. The summed E-state index contributed by atoms with van der Waals surface area (Å²) >= 11 is 1.64. The Hall–Kier alpha value is -2.38. The number of aromatic amines is 1. The molecule has 29 heavy (non-hydrogen) atoms. The van der Waals surface area contributed by atoms with Crippen LogP contribution < -0.4 is 5.56 Å². The van der Waals surface area contributed by atoms with Crippen LogP contribution in [0.1, 0.15) is 56.0 Å². The Morgan fingerprint density at radius 1 is 1.31 bits per heavy atom. The lowest BCUT2D eigenvalue weighted by molar-refractivity contribution is -0.0705. The topological polar surface area (TPSA) is 72.3 Å². The molecule has 2 aliphatic rings. The molecule has 0 bridgehead atoms. The minimum atomic E-state index is -0.204. The first-order chi connectivity index (χ1) is 13.9. The van der Waals surface area contributed by atoms with Crippen LogP contribution in [0.3, 0.4) is 0 Å². The van der Waals surface area contributed by atoms with Crippen LogP contribution in [0.15, 0.2) is 46.3 Å². The van der Waals surface area contributed by atoms with Crippen LogP contribution >= 0.6 is 11.8 Å². The normalized spacial score (nSPS) is 23.6. The number of aliphatic imine (C=N–C) groups is 1. The van der Waals surface area contributed by atoms with Gasteiger partial charge in [-0.25, -0.2) is 4.99 Å². The minimum Gasteiger partial charge on any atom is -0.375 e. The van der Waals surface area contributed by atoms with E-state index in [2.05, 4.69) is 42.1 Å². The first-order valence-electron chi connectivity index (χ1n) is 9.96. The van der Waals surface area contributed by atoms with Crippen molar-refractivity contribution in [1.82, 2.24) is 14.8 Å². The Balaban J connectivity index is 1.61. The highest BCUT2D eigenvalue weighted by Crippen LogP contribution is 2.45. The molecule has 2 aliphatic heterocycles. The highest BCUT2D eigenvalue weighted by molar-refractivity contribution is 8.14. The maximum absolute atomic E-state index is 13.0. The van der Waals surface area contributed by atoms with Gasteiger partial charge in [-0.15, -0.1) is 0 Å². The van der Waals surface area contributed by atoms with Crippen LogP contribution in [0.5, 0.6) is 0 Å². The number of benzene rings is 1. The second-order valence-electron chi connectivity index (χ2n) is 8.39. The van der Waals surface area contributed by atoms with Crippen LogP contribution in [0.25, 0.3) is 10.9 Å². The van der Waals surface area contributed by atoms with E-state index in [1.165, 1.54) is 0 Å². The zero-order chi connectivity index (χ0) is 20.2. The monoisotopic (exact) mass is 408 g/mol. The van der Waals surface area contributed by atoms with Crippen LogP contribution in [-0.2, 0) is 4.74 Å². The van der Waals surface area contributed by atoms with E-state index in [1.807, 2.05) is 23.7 Å². The molecule has 3 aromatic rings. The second-order valence-corrected chi connectivity index (χ2v) is 9.69. The molecule has 1 aromatic carbocycles. The lowest BCUT2D eigenvalue weighted by atomic mass is 9.94. The van der Waals surface area contributed by atoms with Gasteiger partial charge in [0.25, 0.3) is 5.56 Å². The number of nitrogens with one attached hydrogen (secondary N) is 1. The summed E-state index contributed by atoms with van der Waals surface area (Å²) < 4.78 is 7.86. The van der Waals surface area contributed by atoms with Gasteiger partial charge in [0.15, 0.2) is 5.82 Å². The van der Waals surface area contributed by atoms with E-state index >= 15 is 0 Å². The summed E-state index contributed by atoms with van der Waals surface area (Å²) in [6, 6.07) is 10.4. The van der Waals surface area contributed by atoms with Crippen LogP contribution in [0.4, 0.5) is 5.82 Å². The SMILES string of the molecule is CC1=Nc2c(c(=O)[nH]n2[C@@H]2CCOC(C)(C)C2)[C@@H](c2ccc3ncccc3c2)S1. The molecule has 0 aliphatic carbocycles. The average Bonchev–Trinajstić information content (AvgIpc) is 3.02. The highest BCUT2D eigenvalue weighted by Gasteiger charge is 2.35. The molecule has 0 saturated carbocycles. The summed E-state index contributed by atoms with van der Waals surface area (Å²) in [5, 5.41) is 5.06. The summed E-state index contributed by atoms with van der Waals surface area (Å²) in [4.78, 5) is 22.2. The van der Waals surface area contributed by atoms with Crippen LogP contribution in [0, 0.1) is 0 Å². The van der Waals surface area contributed by atoms with Crippen molar-refractivity contribution in [3.63, 3.8) is 0 Å². The van der Waals surface area contributed by atoms with E-state index in [-0.39, 0.29) is 22.5 Å². The van der Waals surface area contributed by atoms with Gasteiger partial charge in [-0.05, 0) is 57.4 Å². The maximum Gasteiger partial charge on any atom is 0.271 e. The molecule has 4 heterocycles. The maximum atomic E-state index is 13.0. The Kier molecular flexibility index (Phi) is 4.40. The number of fused-ring (bicyclic) bond motifs is 2. The van der Waals surface area contributed by atoms with Crippen molar-refractivity contribution in [2.24, 2.45) is 4.99 Å². The molecule has 1 fully saturated rings. The highest BCUT2D eigenvalue weighted by atomic mass is 32.2. The van der Waals surface area contributed by atoms with Gasteiger partial charge >= 0.3 is 0 Å². The predicted molar refractivity (Wildman–Crippen MR) is 117 cm³/mol. The third-order valence-electron chi connectivity index (χ3n) is 5.72. The first-order valence-corrected chi connectivity index (χ1v) is 10.8. The molecule has 1 saturated heterocycles. The van der Waals surface area contributed by atoms with Crippen molar-refractivity contribution < 1.29 is 4.74 Å². The number of hydrogen-bond donors (Lipinski definition) is 1. The van der Waals surface area contributed by atoms with Crippen LogP contribution in [-0.4, -0.2) is 32.0 Å². The molecule has 0 amide bonds. The molecule has 2 aromatic heterocycles. The Bertz CT molecular complexity index is 1180. The van der Waals surface area contributed by atoms with Gasteiger partial charge in [-0.2, -0.15) is 0 Å². The van der Waals surface area contributed by atoms with Crippen molar-refractivity contribution in [2.45, 2.75) is 50.5 Å². The van der Waals surface area contributed by atoms with Crippen molar-refractivity contribution in [3.8, 4) is 0 Å². The number of rotatable bonds is 2. The Morgan fingerprint density at radius 3 is 3.00 bits per heavy atom. The zero-order valence-electron chi connectivity index (χ0n) is 16.8. The minimum absolute atomic E-state index is 0.0515. The largest absolute Gasteiger partial charge is 0.375 e. The molecule has 7 heteroatoms. The lowest BCUT2D eigenvalue weighted by Gasteiger charge is -2.36. The van der Waals surface area contributed by atoms with Gasteiger partial charge in [-0.3, -0.25) is 19.6 Å². The zero-order valence-corrected chi connectivity index (χ0v) is 17.6. The van der Waals surface area contributed by atoms with E-state index < -0.39 is 0 Å². The summed E-state index contributed by atoms with van der Waals surface area (Å²) in [5.41, 5.74) is 2.54. The molecule has 6 nitrogen and oxygen atoms in total. The van der Waals surface area contributed by atoms with E-state index in [0.717, 1.165) is 45.7 Å². The fraction of sp³-hybridized carbons (Fsp3) is 0.409. The molecule has 1 N–H and O–H groups in total. The Labute approximate surface area is 173 Å². The number of H-pyrrole nitrogens is 1. The first kappa shape index (κ1) is 18.6. The average molecular weight is 409 g/mol. The fourth-order valence-electron chi connectivity index (χ4n) is 4.39. The van der Waals surface area contributed by atoms with Gasteiger partial charge in [0, 0.05) is 18.2 Å². The second kappa shape index (κ2) is 6.85. The smallest absolute Gasteiger partial charge is 0.271 e. The van der Waals surface area contributed by atoms with Gasteiger partial charge in [-0.1, -0.05) is 23.9 Å². The molecule has 0 unspecified atom stereocenters. The molecule has 2 atom stereocenters. The van der Waals surface area contributed by atoms with E-state index in [1.54, 1.807) is 18.0 Å². The van der Waals surface area contributed by atoms with Crippen molar-refractivity contribution >= 4 is 33.5 Å². The predicted octanol–water partition coefficient (Wildman–Crippen LogP) is 4.74.